The Kier molecular flexibility index (Phi) is 13.1. The number of nitrogens with one attached hydrogen (secondary N) is 5. The van der Waals surface area contributed by atoms with Crippen molar-refractivity contribution in [2.75, 3.05) is 6.61 Å². The molecule has 3 heterocycles. The first-order valence-electron chi connectivity index (χ1n) is 17.7. The van der Waals surface area contributed by atoms with E-state index in [0.29, 0.717) is 23.4 Å². The minimum Gasteiger partial charge on any atom is -0.491 e. The summed E-state index contributed by atoms with van der Waals surface area (Å²) in [6.07, 6.45) is 0.546. The van der Waals surface area contributed by atoms with Crippen LogP contribution >= 0.6 is 0 Å². The Morgan fingerprint density at radius 2 is 1.52 bits per heavy atom. The van der Waals surface area contributed by atoms with Crippen molar-refractivity contribution in [2.24, 2.45) is 5.92 Å². The number of amides is 5. The average Bonchev–Trinajstić information content (AvgIpc) is 3.70. The Morgan fingerprint density at radius 3 is 2.15 bits per heavy atom. The lowest BCUT2D eigenvalue weighted by atomic mass is 10.0. The topological polar surface area (TPSA) is 219 Å². The third-order valence-corrected chi connectivity index (χ3v) is 8.91. The molecule has 0 fully saturated rings. The molecule has 2 aliphatic heterocycles. The van der Waals surface area contributed by atoms with E-state index >= 15 is 0 Å². The number of aliphatic hydroxyl groups excluding tert-OH is 1. The van der Waals surface area contributed by atoms with Crippen LogP contribution in [-0.4, -0.2) is 97.8 Å². The lowest BCUT2D eigenvalue weighted by Gasteiger charge is -2.29. The monoisotopic (exact) mass is 739 g/mol. The number of benzene rings is 3. The van der Waals surface area contributed by atoms with Crippen LogP contribution in [0, 0.1) is 5.92 Å². The summed E-state index contributed by atoms with van der Waals surface area (Å²) in [4.78, 5) is 67.7. The van der Waals surface area contributed by atoms with Gasteiger partial charge in [0.1, 0.15) is 42.9 Å². The van der Waals surface area contributed by atoms with Gasteiger partial charge in [0.2, 0.25) is 23.6 Å². The third-order valence-electron chi connectivity index (χ3n) is 8.91. The Labute approximate surface area is 312 Å². The molecule has 0 radical (unpaired) electrons. The standard InChI is InChI=1S/C38H45N9O7/c1-22(2)32-37(52)41-28(18-25-8-6-5-7-9-25)20-54-30-16-10-26(11-17-30)19-31(36(51)40-23(3)34(49)44-33(24(4)48)38(53)43-32)42-35(50)27-12-14-29(15-13-27)47-21-39-45-46-47/h5-17,21-24,28,31-33,48H,18-20H2,1-4H3,(H,40,51)(H,41,52)(H,42,50)(H,43,53)(H,44,49)/t23-,24-,28+,31+,32-,33+/m1/s1. The molecule has 0 saturated heterocycles. The SMILES string of the molecule is CC(C)[C@H]1NC(=O)[C@H]([C@@H](C)O)NC(=O)[C@@H](C)NC(=O)[C@@H](NC(=O)c2ccc(-n3cnnn3)cc2)Cc2ccc(cc2)OC[C@H](Cc2ccccc2)NC1=O. The van der Waals surface area contributed by atoms with Gasteiger partial charge >= 0.3 is 0 Å². The molecule has 2 aliphatic rings. The predicted molar refractivity (Wildman–Crippen MR) is 196 cm³/mol. The number of fused-ring (bicyclic) bond motifs is 17. The zero-order valence-corrected chi connectivity index (χ0v) is 30.4. The van der Waals surface area contributed by atoms with E-state index in [2.05, 4.69) is 42.1 Å². The quantitative estimate of drug-likeness (QED) is 0.145. The minimum absolute atomic E-state index is 0.0525. The fourth-order valence-corrected chi connectivity index (χ4v) is 5.83. The molecule has 2 bridgehead atoms. The molecule has 1 aromatic heterocycles. The highest BCUT2D eigenvalue weighted by Gasteiger charge is 2.34. The molecule has 54 heavy (non-hydrogen) atoms. The summed E-state index contributed by atoms with van der Waals surface area (Å²) in [5, 5.41) is 35.2. The molecule has 0 spiro atoms. The molecule has 6 atom stereocenters. The maximum Gasteiger partial charge on any atom is 0.251 e. The zero-order chi connectivity index (χ0) is 38.8. The van der Waals surface area contributed by atoms with Crippen LogP contribution < -0.4 is 31.3 Å². The van der Waals surface area contributed by atoms with E-state index in [9.17, 15) is 29.1 Å². The van der Waals surface area contributed by atoms with Gasteiger partial charge < -0.3 is 36.4 Å². The Morgan fingerprint density at radius 1 is 0.852 bits per heavy atom. The number of carbonyl (C=O) groups is 5. The molecule has 5 amide bonds. The van der Waals surface area contributed by atoms with Crippen LogP contribution in [0.2, 0.25) is 0 Å². The van der Waals surface area contributed by atoms with Crippen LogP contribution in [0.5, 0.6) is 5.75 Å². The number of rotatable bonds is 7. The van der Waals surface area contributed by atoms with Gasteiger partial charge in [0, 0.05) is 12.0 Å². The number of aromatic nitrogens is 4. The van der Waals surface area contributed by atoms with E-state index in [1.165, 1.54) is 24.9 Å². The highest BCUT2D eigenvalue weighted by molar-refractivity contribution is 5.99. The smallest absolute Gasteiger partial charge is 0.251 e. The second-order valence-electron chi connectivity index (χ2n) is 13.6. The lowest BCUT2D eigenvalue weighted by molar-refractivity contribution is -0.136. The number of tetrazole rings is 1. The summed E-state index contributed by atoms with van der Waals surface area (Å²) < 4.78 is 7.55. The number of hydrogen-bond acceptors (Lipinski definition) is 10. The van der Waals surface area contributed by atoms with Crippen molar-refractivity contribution in [1.82, 2.24) is 46.8 Å². The fraction of sp³-hybridized carbons (Fsp3) is 0.368. The van der Waals surface area contributed by atoms with Crippen molar-refractivity contribution < 1.29 is 33.8 Å². The van der Waals surface area contributed by atoms with Gasteiger partial charge in [0.25, 0.3) is 5.91 Å². The van der Waals surface area contributed by atoms with Crippen molar-refractivity contribution in [3.8, 4) is 11.4 Å². The van der Waals surface area contributed by atoms with Gasteiger partial charge in [-0.2, -0.15) is 0 Å². The second kappa shape index (κ2) is 18.1. The number of carbonyl (C=O) groups excluding carboxylic acids is 5. The molecule has 0 unspecified atom stereocenters. The van der Waals surface area contributed by atoms with Crippen molar-refractivity contribution in [1.29, 1.82) is 0 Å². The van der Waals surface area contributed by atoms with Gasteiger partial charge in [-0.15, -0.1) is 5.10 Å². The summed E-state index contributed by atoms with van der Waals surface area (Å²) in [5.74, 6) is -3.07. The average molecular weight is 740 g/mol. The molecular weight excluding hydrogens is 694 g/mol. The first-order chi connectivity index (χ1) is 25.9. The molecule has 4 aromatic rings. The largest absolute Gasteiger partial charge is 0.491 e. The third kappa shape index (κ3) is 10.5. The molecule has 0 saturated carbocycles. The van der Waals surface area contributed by atoms with Crippen molar-refractivity contribution in [3.05, 3.63) is 102 Å². The van der Waals surface area contributed by atoms with Crippen LogP contribution in [0.3, 0.4) is 0 Å². The molecular formula is C38H45N9O7. The van der Waals surface area contributed by atoms with Gasteiger partial charge in [-0.3, -0.25) is 24.0 Å². The molecule has 16 nitrogen and oxygen atoms in total. The Balaban J connectivity index is 1.42. The maximum atomic E-state index is 13.7. The van der Waals surface area contributed by atoms with Gasteiger partial charge in [0.05, 0.1) is 17.8 Å². The van der Waals surface area contributed by atoms with E-state index in [0.717, 1.165) is 5.56 Å². The van der Waals surface area contributed by atoms with Crippen molar-refractivity contribution in [3.63, 3.8) is 0 Å². The highest BCUT2D eigenvalue weighted by atomic mass is 16.5. The highest BCUT2D eigenvalue weighted by Crippen LogP contribution is 2.17. The first kappa shape index (κ1) is 39.1. The van der Waals surface area contributed by atoms with Crippen LogP contribution in [-0.2, 0) is 32.0 Å². The lowest BCUT2D eigenvalue weighted by Crippen LogP contribution is -2.61. The molecule has 6 rings (SSSR count). The van der Waals surface area contributed by atoms with Gasteiger partial charge in [-0.25, -0.2) is 4.68 Å². The van der Waals surface area contributed by atoms with Crippen molar-refractivity contribution >= 4 is 29.5 Å². The second-order valence-corrected chi connectivity index (χ2v) is 13.6. The van der Waals surface area contributed by atoms with Crippen LogP contribution in [0.15, 0.2) is 85.2 Å². The first-order valence-corrected chi connectivity index (χ1v) is 17.7. The maximum absolute atomic E-state index is 13.7. The summed E-state index contributed by atoms with van der Waals surface area (Å²) in [6, 6.07) is 17.7. The molecule has 6 N–H and O–H groups in total. The number of hydrogen-bond donors (Lipinski definition) is 6. The van der Waals surface area contributed by atoms with Crippen LogP contribution in [0.4, 0.5) is 0 Å². The Hall–Kier alpha value is -6.16. The van der Waals surface area contributed by atoms with Crippen LogP contribution in [0.1, 0.15) is 49.2 Å². The molecule has 16 heteroatoms. The van der Waals surface area contributed by atoms with E-state index in [1.807, 2.05) is 30.3 Å². The fourth-order valence-electron chi connectivity index (χ4n) is 5.83. The summed E-state index contributed by atoms with van der Waals surface area (Å²) in [7, 11) is 0. The minimum atomic E-state index is -1.45. The van der Waals surface area contributed by atoms with E-state index < -0.39 is 65.8 Å². The molecule has 3 aromatic carbocycles. The van der Waals surface area contributed by atoms with E-state index in [4.69, 9.17) is 4.74 Å². The normalized spacial score (nSPS) is 22.2. The number of nitrogens with zero attached hydrogens (tertiary/aromatic N) is 4. The molecule has 0 aliphatic carbocycles. The van der Waals surface area contributed by atoms with E-state index in [1.54, 1.807) is 62.4 Å². The Bertz CT molecular complexity index is 1890. The van der Waals surface area contributed by atoms with E-state index in [-0.39, 0.29) is 24.5 Å². The van der Waals surface area contributed by atoms with Crippen molar-refractivity contribution in [2.45, 2.75) is 76.8 Å². The van der Waals surface area contributed by atoms with Gasteiger partial charge in [-0.1, -0.05) is 56.3 Å². The summed E-state index contributed by atoms with van der Waals surface area (Å²) in [6.45, 7) is 6.37. The van der Waals surface area contributed by atoms with Crippen LogP contribution in [0.25, 0.3) is 5.69 Å². The zero-order valence-electron chi connectivity index (χ0n) is 30.4. The summed E-state index contributed by atoms with van der Waals surface area (Å²) in [5.41, 5.74) is 2.53. The number of aliphatic hydroxyl groups is 1. The summed E-state index contributed by atoms with van der Waals surface area (Å²) >= 11 is 0. The molecule has 284 valence electrons. The van der Waals surface area contributed by atoms with Gasteiger partial charge in [-0.05, 0) is 84.1 Å². The predicted octanol–water partition coefficient (Wildman–Crippen LogP) is 0.634. The van der Waals surface area contributed by atoms with Gasteiger partial charge in [0.15, 0.2) is 0 Å². The number of ether oxygens (including phenoxy) is 1.